The van der Waals surface area contributed by atoms with Gasteiger partial charge in [0.15, 0.2) is 17.5 Å². The quantitative estimate of drug-likeness (QED) is 0.177. The summed E-state index contributed by atoms with van der Waals surface area (Å²) in [6, 6.07) is 63.6. The van der Waals surface area contributed by atoms with Crippen LogP contribution in [0.4, 0.5) is 17.1 Å². The molecule has 0 fully saturated rings. The number of rotatable bonds is 5. The lowest BCUT2D eigenvalue weighted by Crippen LogP contribution is -2.12. The van der Waals surface area contributed by atoms with Crippen molar-refractivity contribution in [2.24, 2.45) is 0 Å². The molecule has 0 saturated carbocycles. The Balaban J connectivity index is 1.16. The number of fused-ring (bicyclic) bond motifs is 9. The molecule has 56 heavy (non-hydrogen) atoms. The van der Waals surface area contributed by atoms with E-state index in [4.69, 9.17) is 15.0 Å². The van der Waals surface area contributed by atoms with Crippen LogP contribution in [0.3, 0.4) is 0 Å². The average Bonchev–Trinajstić information content (AvgIpc) is 3.56. The lowest BCUT2D eigenvalue weighted by atomic mass is 9.94. The molecule has 0 bridgehead atoms. The number of hydrogen-bond donors (Lipinski definition) is 0. The van der Waals surface area contributed by atoms with Gasteiger partial charge in [-0.1, -0.05) is 133 Å². The Kier molecular flexibility index (Phi) is 7.38. The van der Waals surface area contributed by atoms with E-state index in [2.05, 4.69) is 136 Å². The zero-order chi connectivity index (χ0) is 37.0. The van der Waals surface area contributed by atoms with Gasteiger partial charge in [0.1, 0.15) is 0 Å². The number of nitrogens with zero attached hydrogens (tertiary/aromatic N) is 6. The predicted octanol–water partition coefficient (Wildman–Crippen LogP) is 12.5. The van der Waals surface area contributed by atoms with Gasteiger partial charge < -0.3 is 9.47 Å². The van der Waals surface area contributed by atoms with E-state index < -0.39 is 0 Å². The Morgan fingerprint density at radius 2 is 0.911 bits per heavy atom. The third-order valence-electron chi connectivity index (χ3n) is 10.7. The molecule has 0 saturated heterocycles. The van der Waals surface area contributed by atoms with Crippen LogP contribution in [0.25, 0.3) is 83.9 Å². The smallest absolute Gasteiger partial charge is 0.164 e. The first-order valence-corrected chi connectivity index (χ1v) is 18.7. The summed E-state index contributed by atoms with van der Waals surface area (Å²) in [7, 11) is 0. The first-order valence-electron chi connectivity index (χ1n) is 18.7. The van der Waals surface area contributed by atoms with E-state index in [1.807, 2.05) is 73.1 Å². The van der Waals surface area contributed by atoms with Gasteiger partial charge >= 0.3 is 0 Å². The van der Waals surface area contributed by atoms with Gasteiger partial charge in [-0.3, -0.25) is 4.98 Å². The Hall–Kier alpha value is -7.70. The summed E-state index contributed by atoms with van der Waals surface area (Å²) in [6.45, 7) is 0. The van der Waals surface area contributed by atoms with E-state index in [0.717, 1.165) is 66.8 Å². The van der Waals surface area contributed by atoms with Crippen molar-refractivity contribution in [3.05, 3.63) is 194 Å². The first-order chi connectivity index (χ1) is 27.8. The minimum absolute atomic E-state index is 0.619. The zero-order valence-electron chi connectivity index (χ0n) is 30.2. The van der Waals surface area contributed by atoms with Gasteiger partial charge in [-0.2, -0.15) is 0 Å². The van der Waals surface area contributed by atoms with Gasteiger partial charge in [0.25, 0.3) is 0 Å². The van der Waals surface area contributed by atoms with Gasteiger partial charge in [0, 0.05) is 62.4 Å². The molecule has 0 spiro atoms. The van der Waals surface area contributed by atoms with Gasteiger partial charge in [-0.25, -0.2) is 15.0 Å². The molecule has 6 nitrogen and oxygen atoms in total. The SMILES string of the molecule is c1ccc(-c2nc(-c3ccccc3)nc(-c3ccc(-n4c5ccncc5c5ccc6c(c54)N(c4ccccc4)c4ccccc4-c4ccccc4-6)cc3)n2)cc1. The van der Waals surface area contributed by atoms with Crippen molar-refractivity contribution < 1.29 is 0 Å². The predicted molar refractivity (Wildman–Crippen MR) is 227 cm³/mol. The molecule has 3 aromatic heterocycles. The number of benzene rings is 7. The van der Waals surface area contributed by atoms with Crippen LogP contribution in [0.5, 0.6) is 0 Å². The summed E-state index contributed by atoms with van der Waals surface area (Å²) in [5.41, 5.74) is 14.1. The minimum Gasteiger partial charge on any atom is -0.307 e. The van der Waals surface area contributed by atoms with Crippen molar-refractivity contribution in [1.82, 2.24) is 24.5 Å². The lowest BCUT2D eigenvalue weighted by Gasteiger charge is -2.28. The van der Waals surface area contributed by atoms with Gasteiger partial charge in [0.05, 0.1) is 22.4 Å². The average molecular weight is 717 g/mol. The number of para-hydroxylation sites is 2. The molecule has 1 aliphatic heterocycles. The van der Waals surface area contributed by atoms with E-state index in [1.165, 1.54) is 16.7 Å². The summed E-state index contributed by atoms with van der Waals surface area (Å²) in [5, 5.41) is 2.22. The number of pyridine rings is 1. The first kappa shape index (κ1) is 31.8. The molecule has 4 heterocycles. The standard InChI is InChI=1S/C50H32N6/c1-4-14-33(15-5-1)48-52-49(34-16-6-2-7-17-34)54-50(53-48)35-24-26-37(27-25-35)56-45-30-31-51-32-43(45)42-29-28-41-39-21-11-10-20-38(39)40-22-12-13-23-44(40)55(46(41)47(42)56)36-18-8-3-9-19-36/h1-32H. The van der Waals surface area contributed by atoms with Crippen molar-refractivity contribution in [2.45, 2.75) is 0 Å². The number of anilines is 3. The molecule has 10 aromatic rings. The second-order valence-electron chi connectivity index (χ2n) is 13.9. The second-order valence-corrected chi connectivity index (χ2v) is 13.9. The highest BCUT2D eigenvalue weighted by Gasteiger charge is 2.30. The fourth-order valence-electron chi connectivity index (χ4n) is 8.16. The molecule has 1 aliphatic rings. The molecule has 0 amide bonds. The van der Waals surface area contributed by atoms with Crippen molar-refractivity contribution >= 4 is 38.9 Å². The maximum Gasteiger partial charge on any atom is 0.164 e. The summed E-state index contributed by atoms with van der Waals surface area (Å²) in [6.07, 6.45) is 3.87. The van der Waals surface area contributed by atoms with E-state index in [-0.39, 0.29) is 0 Å². The monoisotopic (exact) mass is 716 g/mol. The van der Waals surface area contributed by atoms with Crippen molar-refractivity contribution in [3.8, 4) is 62.1 Å². The summed E-state index contributed by atoms with van der Waals surface area (Å²) < 4.78 is 2.39. The van der Waals surface area contributed by atoms with Crippen LogP contribution in [-0.2, 0) is 0 Å². The van der Waals surface area contributed by atoms with E-state index >= 15 is 0 Å². The maximum atomic E-state index is 5.00. The molecule has 11 rings (SSSR count). The maximum absolute atomic E-state index is 5.00. The topological polar surface area (TPSA) is 59.7 Å². The zero-order valence-corrected chi connectivity index (χ0v) is 30.2. The minimum atomic E-state index is 0.619. The summed E-state index contributed by atoms with van der Waals surface area (Å²) >= 11 is 0. The second kappa shape index (κ2) is 13.0. The molecular formula is C50H32N6. The normalized spacial score (nSPS) is 11.9. The van der Waals surface area contributed by atoms with Crippen molar-refractivity contribution in [2.75, 3.05) is 4.90 Å². The number of hydrogen-bond acceptors (Lipinski definition) is 5. The van der Waals surface area contributed by atoms with E-state index in [1.54, 1.807) is 0 Å². The van der Waals surface area contributed by atoms with Gasteiger partial charge in [0.2, 0.25) is 0 Å². The van der Waals surface area contributed by atoms with Gasteiger partial charge in [-0.05, 0) is 59.7 Å². The third kappa shape index (κ3) is 5.11. The Bertz CT molecular complexity index is 3010. The summed E-state index contributed by atoms with van der Waals surface area (Å²) in [4.78, 5) is 22.0. The molecule has 0 unspecified atom stereocenters. The van der Waals surface area contributed by atoms with E-state index in [9.17, 15) is 0 Å². The molecular weight excluding hydrogens is 685 g/mol. The highest BCUT2D eigenvalue weighted by molar-refractivity contribution is 6.19. The molecule has 0 atom stereocenters. The van der Waals surface area contributed by atoms with E-state index in [0.29, 0.717) is 17.5 Å². The number of aromatic nitrogens is 5. The summed E-state index contributed by atoms with van der Waals surface area (Å²) in [5.74, 6) is 1.89. The van der Waals surface area contributed by atoms with Crippen molar-refractivity contribution in [1.29, 1.82) is 0 Å². The van der Waals surface area contributed by atoms with Crippen LogP contribution in [0, 0.1) is 0 Å². The van der Waals surface area contributed by atoms with Crippen LogP contribution in [0.15, 0.2) is 194 Å². The van der Waals surface area contributed by atoms with Gasteiger partial charge in [-0.15, -0.1) is 0 Å². The Morgan fingerprint density at radius 3 is 1.55 bits per heavy atom. The largest absolute Gasteiger partial charge is 0.307 e. The Morgan fingerprint density at radius 1 is 0.375 bits per heavy atom. The molecule has 0 N–H and O–H groups in total. The molecule has 6 heteroatoms. The third-order valence-corrected chi connectivity index (χ3v) is 10.7. The fourth-order valence-corrected chi connectivity index (χ4v) is 8.16. The molecule has 7 aromatic carbocycles. The highest BCUT2D eigenvalue weighted by Crippen LogP contribution is 2.54. The van der Waals surface area contributed by atoms with Crippen molar-refractivity contribution in [3.63, 3.8) is 0 Å². The van der Waals surface area contributed by atoms with Crippen LogP contribution in [-0.4, -0.2) is 24.5 Å². The van der Waals surface area contributed by atoms with Crippen LogP contribution in [0.2, 0.25) is 0 Å². The van der Waals surface area contributed by atoms with Crippen LogP contribution in [0.1, 0.15) is 0 Å². The fraction of sp³-hybridized carbons (Fsp3) is 0. The Labute approximate surface area is 323 Å². The molecule has 0 radical (unpaired) electrons. The molecule has 0 aliphatic carbocycles. The molecule has 262 valence electrons. The lowest BCUT2D eigenvalue weighted by molar-refractivity contribution is 1.07. The van der Waals surface area contributed by atoms with Crippen LogP contribution >= 0.6 is 0 Å². The van der Waals surface area contributed by atoms with Crippen LogP contribution < -0.4 is 4.90 Å². The highest BCUT2D eigenvalue weighted by atomic mass is 15.2.